The molecule has 6 heteroatoms. The fourth-order valence-corrected chi connectivity index (χ4v) is 5.32. The molecule has 4 rings (SSSR count). The second-order valence-corrected chi connectivity index (χ2v) is 8.47. The van der Waals surface area contributed by atoms with Crippen molar-refractivity contribution in [2.75, 3.05) is 5.32 Å². The summed E-state index contributed by atoms with van der Waals surface area (Å²) in [7, 11) is 0. The molecule has 3 heterocycles. The maximum absolute atomic E-state index is 13.3. The van der Waals surface area contributed by atoms with E-state index < -0.39 is 0 Å². The number of quaternary nitrogens is 1. The van der Waals surface area contributed by atoms with Crippen molar-refractivity contribution in [1.82, 2.24) is 5.32 Å². The number of carbonyl (C=O) groups excluding carboxylic acids is 1. The fraction of sp³-hybridized carbons (Fsp3) is 0.450. The number of fused-ring (bicyclic) bond motifs is 2. The monoisotopic (exact) mass is 374 g/mol. The molecule has 0 spiro atoms. The number of hydrogen-bond donors (Lipinski definition) is 3. The molecule has 2 amide bonds. The normalized spacial score (nSPS) is 27.7. The highest BCUT2D eigenvalue weighted by atomic mass is 32.1. The molecule has 0 radical (unpaired) electrons. The van der Waals surface area contributed by atoms with Crippen LogP contribution in [0.1, 0.15) is 37.0 Å². The molecule has 4 nitrogen and oxygen atoms in total. The third-order valence-electron chi connectivity index (χ3n) is 5.67. The fourth-order valence-electron chi connectivity index (χ4n) is 4.58. The number of urea groups is 1. The first-order valence-corrected chi connectivity index (χ1v) is 10.3. The maximum atomic E-state index is 13.3. The zero-order chi connectivity index (χ0) is 17.9. The molecule has 1 aromatic carbocycles. The molecule has 2 fully saturated rings. The van der Waals surface area contributed by atoms with Gasteiger partial charge >= 0.3 is 6.03 Å². The van der Waals surface area contributed by atoms with E-state index in [1.807, 2.05) is 11.3 Å². The topological polar surface area (TPSA) is 45.6 Å². The van der Waals surface area contributed by atoms with Crippen molar-refractivity contribution in [2.45, 2.75) is 56.8 Å². The van der Waals surface area contributed by atoms with Gasteiger partial charge in [0, 0.05) is 24.6 Å². The Bertz CT molecular complexity index is 737. The molecule has 26 heavy (non-hydrogen) atoms. The highest BCUT2D eigenvalue weighted by Gasteiger charge is 2.42. The van der Waals surface area contributed by atoms with Gasteiger partial charge in [-0.2, -0.15) is 0 Å². The van der Waals surface area contributed by atoms with Gasteiger partial charge in [0.05, 0.1) is 17.0 Å². The summed E-state index contributed by atoms with van der Waals surface area (Å²) in [4.78, 5) is 15.4. The highest BCUT2D eigenvalue weighted by Crippen LogP contribution is 2.23. The standard InChI is InChI=1S/C20H24FN3OS/c21-14-4-1-5-15(10-14)22-20(25)23-16-11-17-6-2-7-18(12-16)24(17)13-19-8-3-9-26-19/h1,3-5,8-10,16-18H,2,6-7,11-13H2,(H2,22,23,25)/p+1/t17-,18-/m1/s1. The van der Waals surface area contributed by atoms with Crippen molar-refractivity contribution >= 4 is 23.1 Å². The largest absolute Gasteiger partial charge is 0.335 e. The van der Waals surface area contributed by atoms with Crippen LogP contribution in [0.2, 0.25) is 0 Å². The SMILES string of the molecule is O=C(Nc1cccc(F)c1)NC1C[C@H]2CCC[C@H](C1)[NH+]2Cc1cccs1. The number of anilines is 1. The average molecular weight is 375 g/mol. The Morgan fingerprint density at radius 2 is 2.00 bits per heavy atom. The van der Waals surface area contributed by atoms with E-state index >= 15 is 0 Å². The van der Waals surface area contributed by atoms with Crippen LogP contribution in [0.25, 0.3) is 0 Å². The smallest absolute Gasteiger partial charge is 0.319 e. The molecular formula is C20H25FN3OS+. The number of hydrogen-bond acceptors (Lipinski definition) is 2. The molecule has 3 N–H and O–H groups in total. The van der Waals surface area contributed by atoms with Crippen molar-refractivity contribution in [1.29, 1.82) is 0 Å². The molecule has 0 aliphatic carbocycles. The van der Waals surface area contributed by atoms with E-state index in [0.29, 0.717) is 17.8 Å². The molecular weight excluding hydrogens is 349 g/mol. The molecule has 0 saturated carbocycles. The Morgan fingerprint density at radius 1 is 1.19 bits per heavy atom. The second kappa shape index (κ2) is 7.76. The number of halogens is 1. The zero-order valence-corrected chi connectivity index (χ0v) is 15.5. The van der Waals surface area contributed by atoms with Crippen LogP contribution in [0.5, 0.6) is 0 Å². The van der Waals surface area contributed by atoms with Crippen LogP contribution in [0.3, 0.4) is 0 Å². The van der Waals surface area contributed by atoms with Crippen molar-refractivity contribution in [3.8, 4) is 0 Å². The van der Waals surface area contributed by atoms with E-state index in [4.69, 9.17) is 0 Å². The van der Waals surface area contributed by atoms with Crippen molar-refractivity contribution in [2.24, 2.45) is 0 Å². The lowest BCUT2D eigenvalue weighted by Gasteiger charge is -2.45. The lowest BCUT2D eigenvalue weighted by atomic mass is 9.81. The van der Waals surface area contributed by atoms with Crippen molar-refractivity contribution < 1.29 is 14.1 Å². The minimum absolute atomic E-state index is 0.200. The molecule has 2 aliphatic rings. The van der Waals surface area contributed by atoms with Crippen LogP contribution in [-0.2, 0) is 6.54 Å². The quantitative estimate of drug-likeness (QED) is 0.756. The van der Waals surface area contributed by atoms with Gasteiger partial charge in [-0.1, -0.05) is 12.1 Å². The first-order valence-electron chi connectivity index (χ1n) is 9.38. The Morgan fingerprint density at radius 3 is 2.69 bits per heavy atom. The lowest BCUT2D eigenvalue weighted by Crippen LogP contribution is -3.20. The van der Waals surface area contributed by atoms with Crippen LogP contribution in [0.4, 0.5) is 14.9 Å². The van der Waals surface area contributed by atoms with Crippen LogP contribution < -0.4 is 15.5 Å². The van der Waals surface area contributed by atoms with Gasteiger partial charge in [0.1, 0.15) is 12.4 Å². The summed E-state index contributed by atoms with van der Waals surface area (Å²) in [6.45, 7) is 1.11. The third-order valence-corrected chi connectivity index (χ3v) is 6.54. The molecule has 0 unspecified atom stereocenters. The van der Waals surface area contributed by atoms with Gasteiger partial charge in [-0.15, -0.1) is 11.3 Å². The minimum Gasteiger partial charge on any atom is -0.335 e. The average Bonchev–Trinajstić information content (AvgIpc) is 3.08. The molecule has 1 aromatic heterocycles. The van der Waals surface area contributed by atoms with E-state index in [0.717, 1.165) is 19.4 Å². The minimum atomic E-state index is -0.345. The number of rotatable bonds is 4. The van der Waals surface area contributed by atoms with Crippen molar-refractivity contribution in [3.63, 3.8) is 0 Å². The predicted octanol–water partition coefficient (Wildman–Crippen LogP) is 3.18. The number of benzene rings is 1. The molecule has 2 atom stereocenters. The number of thiophene rings is 1. The number of nitrogens with one attached hydrogen (secondary N) is 3. The van der Waals surface area contributed by atoms with Gasteiger partial charge in [0.2, 0.25) is 0 Å². The maximum Gasteiger partial charge on any atom is 0.319 e. The lowest BCUT2D eigenvalue weighted by molar-refractivity contribution is -0.973. The Labute approximate surface area is 157 Å². The highest BCUT2D eigenvalue weighted by molar-refractivity contribution is 7.09. The van der Waals surface area contributed by atoms with Gasteiger partial charge in [-0.3, -0.25) is 0 Å². The molecule has 2 saturated heterocycles. The Hall–Kier alpha value is -1.92. The molecule has 2 aliphatic heterocycles. The summed E-state index contributed by atoms with van der Waals surface area (Å²) in [5, 5.41) is 8.01. The van der Waals surface area contributed by atoms with Gasteiger partial charge in [-0.05, 0) is 48.9 Å². The van der Waals surface area contributed by atoms with Crippen LogP contribution in [0, 0.1) is 5.82 Å². The summed E-state index contributed by atoms with van der Waals surface area (Å²) < 4.78 is 13.3. The molecule has 2 bridgehead atoms. The van der Waals surface area contributed by atoms with E-state index in [2.05, 4.69) is 28.1 Å². The van der Waals surface area contributed by atoms with Crippen LogP contribution >= 0.6 is 11.3 Å². The van der Waals surface area contributed by atoms with Crippen LogP contribution in [0.15, 0.2) is 41.8 Å². The van der Waals surface area contributed by atoms with Gasteiger partial charge in [0.15, 0.2) is 0 Å². The van der Waals surface area contributed by atoms with E-state index in [1.165, 1.54) is 36.3 Å². The summed E-state index contributed by atoms with van der Waals surface area (Å²) in [6, 6.07) is 11.6. The van der Waals surface area contributed by atoms with Crippen LogP contribution in [-0.4, -0.2) is 24.2 Å². The van der Waals surface area contributed by atoms with E-state index in [-0.39, 0.29) is 17.9 Å². The number of piperidine rings is 2. The van der Waals surface area contributed by atoms with E-state index in [9.17, 15) is 9.18 Å². The summed E-state index contributed by atoms with van der Waals surface area (Å²) in [5.41, 5.74) is 0.489. The molecule has 138 valence electrons. The van der Waals surface area contributed by atoms with Gasteiger partial charge < -0.3 is 15.5 Å². The van der Waals surface area contributed by atoms with Gasteiger partial charge in [-0.25, -0.2) is 9.18 Å². The summed E-state index contributed by atoms with van der Waals surface area (Å²) in [6.07, 6.45) is 5.81. The summed E-state index contributed by atoms with van der Waals surface area (Å²) in [5.74, 6) is -0.345. The second-order valence-electron chi connectivity index (χ2n) is 7.43. The Balaban J connectivity index is 1.35. The third kappa shape index (κ3) is 4.07. The zero-order valence-electron chi connectivity index (χ0n) is 14.7. The number of amides is 2. The van der Waals surface area contributed by atoms with E-state index in [1.54, 1.807) is 17.0 Å². The predicted molar refractivity (Wildman–Crippen MR) is 102 cm³/mol. The van der Waals surface area contributed by atoms with Crippen molar-refractivity contribution in [3.05, 3.63) is 52.5 Å². The Kier molecular flexibility index (Phi) is 5.22. The first-order chi connectivity index (χ1) is 12.7. The first kappa shape index (κ1) is 17.5. The molecule has 2 aromatic rings. The summed E-state index contributed by atoms with van der Waals surface area (Å²) >= 11 is 1.84. The van der Waals surface area contributed by atoms with Gasteiger partial charge in [0.25, 0.3) is 0 Å². The number of carbonyl (C=O) groups is 1.